The molecule has 6 atom stereocenters. The summed E-state index contributed by atoms with van der Waals surface area (Å²) in [5.41, 5.74) is -1.04. The maximum atomic E-state index is 15.4. The molecular formula is C20H33FN3O7P. The van der Waals surface area contributed by atoms with Crippen LogP contribution in [0.5, 0.6) is 0 Å². The molecule has 3 N–H and O–H groups in total. The van der Waals surface area contributed by atoms with Crippen molar-refractivity contribution in [3.63, 3.8) is 0 Å². The van der Waals surface area contributed by atoms with E-state index in [1.54, 1.807) is 20.8 Å². The van der Waals surface area contributed by atoms with E-state index in [4.69, 9.17) is 14.0 Å². The molecule has 0 radical (unpaired) electrons. The van der Waals surface area contributed by atoms with Crippen LogP contribution in [0, 0.1) is 5.41 Å². The van der Waals surface area contributed by atoms with E-state index in [-0.39, 0.29) is 24.4 Å². The Balaban J connectivity index is 2.10. The fraction of sp³-hybridized carbons (Fsp3) is 0.700. The number of amides is 1. The molecule has 1 saturated heterocycles. The molecule has 182 valence electrons. The summed E-state index contributed by atoms with van der Waals surface area (Å²) in [5, 5.41) is 15.0. The van der Waals surface area contributed by atoms with Gasteiger partial charge in [-0.1, -0.05) is 13.5 Å². The third-order valence-corrected chi connectivity index (χ3v) is 6.90. The Morgan fingerprint density at radius 2 is 2.12 bits per heavy atom. The van der Waals surface area contributed by atoms with Crippen molar-refractivity contribution in [3.05, 3.63) is 24.2 Å². The quantitative estimate of drug-likeness (QED) is 0.335. The summed E-state index contributed by atoms with van der Waals surface area (Å²) in [6, 6.07) is -0.892. The van der Waals surface area contributed by atoms with Gasteiger partial charge in [-0.3, -0.25) is 14.2 Å². The summed E-state index contributed by atoms with van der Waals surface area (Å²) in [4.78, 5) is 25.1. The van der Waals surface area contributed by atoms with E-state index in [1.165, 1.54) is 31.6 Å². The lowest BCUT2D eigenvalue weighted by atomic mass is 9.82. The highest BCUT2D eigenvalue weighted by atomic mass is 31.2. The number of aliphatic hydroxyl groups excluding tert-OH is 1. The second-order valence-electron chi connectivity index (χ2n) is 8.68. The third-order valence-electron chi connectivity index (χ3n) is 5.40. The lowest BCUT2D eigenvalue weighted by Crippen LogP contribution is -2.47. The van der Waals surface area contributed by atoms with Crippen molar-refractivity contribution in [1.82, 2.24) is 15.3 Å². The maximum absolute atomic E-state index is 15.4. The number of hydrogen-bond donors (Lipinski definition) is 3. The summed E-state index contributed by atoms with van der Waals surface area (Å²) in [7, 11) is -3.50. The number of ether oxygens (including phenoxy) is 2. The van der Waals surface area contributed by atoms with Gasteiger partial charge in [-0.15, -0.1) is 0 Å². The van der Waals surface area contributed by atoms with Crippen molar-refractivity contribution in [1.29, 1.82) is 0 Å². The lowest BCUT2D eigenvalue weighted by molar-refractivity contribution is -0.149. The smallest absolute Gasteiger partial charge is 0.323 e. The van der Waals surface area contributed by atoms with E-state index < -0.39 is 50.1 Å². The van der Waals surface area contributed by atoms with Crippen molar-refractivity contribution >= 4 is 19.4 Å². The molecule has 0 aromatic heterocycles. The van der Waals surface area contributed by atoms with Crippen LogP contribution in [0.1, 0.15) is 34.6 Å². The molecule has 12 heteroatoms. The number of nitrogens with one attached hydrogen (secondary N) is 2. The molecule has 2 aliphatic heterocycles. The number of rotatable bonds is 9. The van der Waals surface area contributed by atoms with Crippen molar-refractivity contribution < 1.29 is 37.6 Å². The van der Waals surface area contributed by atoms with Crippen LogP contribution in [0.2, 0.25) is 0 Å². The Morgan fingerprint density at radius 3 is 2.69 bits per heavy atom. The number of aliphatic hydroxyl groups is 1. The predicted molar refractivity (Wildman–Crippen MR) is 115 cm³/mol. The van der Waals surface area contributed by atoms with E-state index in [9.17, 15) is 19.3 Å². The molecule has 0 spiro atoms. The molecule has 0 aliphatic carbocycles. The molecule has 0 aromatic rings. The Kier molecular flexibility index (Phi) is 8.28. The minimum atomic E-state index is -3.50. The Morgan fingerprint density at radius 1 is 1.50 bits per heavy atom. The van der Waals surface area contributed by atoms with Crippen LogP contribution >= 0.6 is 7.52 Å². The van der Waals surface area contributed by atoms with Crippen LogP contribution in [0.25, 0.3) is 0 Å². The fourth-order valence-electron chi connectivity index (χ4n) is 3.37. The summed E-state index contributed by atoms with van der Waals surface area (Å²) in [6.07, 6.45) is -2.74. The predicted octanol–water partition coefficient (Wildman–Crippen LogP) is 1.62. The number of carbonyl (C=O) groups excluding carboxylic acids is 2. The molecule has 32 heavy (non-hydrogen) atoms. The van der Waals surface area contributed by atoms with Crippen molar-refractivity contribution in [2.24, 2.45) is 5.41 Å². The van der Waals surface area contributed by atoms with E-state index >= 15 is 4.39 Å². The van der Waals surface area contributed by atoms with Crippen molar-refractivity contribution in [2.45, 2.75) is 65.3 Å². The van der Waals surface area contributed by atoms with E-state index in [2.05, 4.69) is 17.0 Å². The number of alkyl halides is 1. The Hall–Kier alpha value is -1.78. The Bertz CT molecular complexity index is 836. The van der Waals surface area contributed by atoms with Gasteiger partial charge < -0.3 is 29.3 Å². The minimum absolute atomic E-state index is 0.135. The first-order valence-electron chi connectivity index (χ1n) is 10.3. The number of esters is 1. The molecule has 0 bridgehead atoms. The fourth-order valence-corrected chi connectivity index (χ4v) is 4.68. The van der Waals surface area contributed by atoms with E-state index in [1.807, 2.05) is 0 Å². The van der Waals surface area contributed by atoms with Crippen LogP contribution in [-0.2, 0) is 28.2 Å². The Labute approximate surface area is 187 Å². The van der Waals surface area contributed by atoms with Gasteiger partial charge in [0.25, 0.3) is 13.4 Å². The van der Waals surface area contributed by atoms with Crippen LogP contribution < -0.4 is 10.4 Å². The SMILES string of the molecule is C=C1NC(=O)C(C)=CN1[C@@H]1O[C@H](COP(C)(=O)N[C@@H](C)C(=O)OC(C)C)C(C)(CO)[C@@H]1F. The normalized spacial score (nSPS) is 31.2. The van der Waals surface area contributed by atoms with Gasteiger partial charge in [0.15, 0.2) is 12.4 Å². The first kappa shape index (κ1) is 26.5. The molecular weight excluding hydrogens is 444 g/mol. The number of carbonyl (C=O) groups is 2. The standard InChI is InChI=1S/C20H33FN3O7P/c1-11(2)30-19(27)13(4)23-32(7,28)29-9-15-20(6,10-25)16(21)18(31-15)24-8-12(3)17(26)22-14(24)5/h8,11,13,15-16,18,25H,5,9-10H2,1-4,6-7H3,(H,22,26)(H,23,28)/t13-,15+,16+,18+,20?,32?/m0/s1. The van der Waals surface area contributed by atoms with Gasteiger partial charge in [-0.25, -0.2) is 9.48 Å². The van der Waals surface area contributed by atoms with Gasteiger partial charge in [0.05, 0.1) is 30.8 Å². The molecule has 2 heterocycles. The van der Waals surface area contributed by atoms with E-state index in [0.717, 1.165) is 0 Å². The minimum Gasteiger partial charge on any atom is -0.462 e. The highest BCUT2D eigenvalue weighted by molar-refractivity contribution is 7.56. The topological polar surface area (TPSA) is 126 Å². The van der Waals surface area contributed by atoms with Crippen molar-refractivity contribution in [3.8, 4) is 0 Å². The monoisotopic (exact) mass is 477 g/mol. The van der Waals surface area contributed by atoms with Crippen LogP contribution in [-0.4, -0.2) is 72.4 Å². The average molecular weight is 477 g/mol. The maximum Gasteiger partial charge on any atom is 0.323 e. The van der Waals surface area contributed by atoms with Crippen LogP contribution in [0.4, 0.5) is 4.39 Å². The molecule has 0 saturated carbocycles. The molecule has 0 aromatic carbocycles. The first-order valence-corrected chi connectivity index (χ1v) is 12.4. The second-order valence-corrected chi connectivity index (χ2v) is 10.9. The molecule has 2 rings (SSSR count). The van der Waals surface area contributed by atoms with Gasteiger partial charge in [-0.2, -0.15) is 0 Å². The summed E-state index contributed by atoms with van der Waals surface area (Å²) in [6.45, 7) is 12.1. The third kappa shape index (κ3) is 5.77. The number of halogens is 1. The molecule has 2 aliphatic rings. The zero-order valence-electron chi connectivity index (χ0n) is 19.3. The molecule has 1 fully saturated rings. The van der Waals surface area contributed by atoms with Crippen LogP contribution in [0.15, 0.2) is 24.2 Å². The van der Waals surface area contributed by atoms with Gasteiger partial charge in [0, 0.05) is 18.4 Å². The van der Waals surface area contributed by atoms with Gasteiger partial charge in [-0.05, 0) is 27.7 Å². The van der Waals surface area contributed by atoms with E-state index in [0.29, 0.717) is 5.57 Å². The highest BCUT2D eigenvalue weighted by Gasteiger charge is 2.56. The molecule has 2 unspecified atom stereocenters. The van der Waals surface area contributed by atoms with Crippen molar-refractivity contribution in [2.75, 3.05) is 19.9 Å². The number of hydrogen-bond acceptors (Lipinski definition) is 8. The molecule has 10 nitrogen and oxygen atoms in total. The second kappa shape index (κ2) is 10.0. The zero-order chi connectivity index (χ0) is 24.4. The largest absolute Gasteiger partial charge is 0.462 e. The molecule has 1 amide bonds. The summed E-state index contributed by atoms with van der Waals surface area (Å²) in [5.74, 6) is -0.803. The number of nitrogens with zero attached hydrogens (tertiary/aromatic N) is 1. The van der Waals surface area contributed by atoms with Gasteiger partial charge in [0.2, 0.25) is 0 Å². The highest BCUT2D eigenvalue weighted by Crippen LogP contribution is 2.46. The van der Waals surface area contributed by atoms with Crippen LogP contribution in [0.3, 0.4) is 0 Å². The summed E-state index contributed by atoms with van der Waals surface area (Å²) >= 11 is 0. The zero-order valence-corrected chi connectivity index (χ0v) is 20.1. The summed E-state index contributed by atoms with van der Waals surface area (Å²) < 4.78 is 44.7. The van der Waals surface area contributed by atoms with Gasteiger partial charge >= 0.3 is 5.97 Å². The lowest BCUT2D eigenvalue weighted by Gasteiger charge is -2.34. The average Bonchev–Trinajstić information content (AvgIpc) is 2.93. The van der Waals surface area contributed by atoms with Gasteiger partial charge in [0.1, 0.15) is 11.9 Å². The first-order chi connectivity index (χ1) is 14.7.